The Bertz CT molecular complexity index is 1250. The molecule has 1 aromatic heterocycles. The molecule has 0 fully saturated rings. The zero-order valence-electron chi connectivity index (χ0n) is 21.4. The zero-order chi connectivity index (χ0) is 25.8. The number of carboxylic acids is 1. The number of aliphatic carboxylic acids is 1. The number of nitrogen functional groups attached to an aromatic ring is 1. The number of halogens is 2. The number of likely N-dealkylation sites (N-methyl/N-ethyl adjacent to an activating group) is 1. The number of anilines is 1. The summed E-state index contributed by atoms with van der Waals surface area (Å²) < 4.78 is 1.99. The number of rotatable bonds is 11. The van der Waals surface area contributed by atoms with E-state index < -0.39 is 11.5 Å². The molecule has 1 atom stereocenters. The van der Waals surface area contributed by atoms with Crippen LogP contribution in [0.15, 0.2) is 42.5 Å². The summed E-state index contributed by atoms with van der Waals surface area (Å²) in [6, 6.07) is 13.0. The van der Waals surface area contributed by atoms with Crippen LogP contribution >= 0.6 is 24.8 Å². The maximum absolute atomic E-state index is 13.3. The molecular weight excluding hydrogens is 517 g/mol. The lowest BCUT2D eigenvalue weighted by atomic mass is 9.89. The van der Waals surface area contributed by atoms with Crippen molar-refractivity contribution in [1.29, 1.82) is 5.41 Å². The molecule has 6 N–H and O–H groups in total. The van der Waals surface area contributed by atoms with Crippen LogP contribution in [0.3, 0.4) is 0 Å². The molecule has 0 radical (unpaired) electrons. The van der Waals surface area contributed by atoms with Crippen molar-refractivity contribution < 1.29 is 14.7 Å². The predicted octanol–water partition coefficient (Wildman–Crippen LogP) is 3.07. The monoisotopic (exact) mass is 551 g/mol. The number of imidazole rings is 1. The van der Waals surface area contributed by atoms with Gasteiger partial charge >= 0.3 is 5.97 Å². The molecule has 1 amide bonds. The lowest BCUT2D eigenvalue weighted by Gasteiger charge is -2.33. The largest absolute Gasteiger partial charge is 0.481 e. The van der Waals surface area contributed by atoms with Crippen molar-refractivity contribution in [2.24, 2.45) is 12.8 Å². The highest BCUT2D eigenvalue weighted by molar-refractivity contribution is 5.95. The summed E-state index contributed by atoms with van der Waals surface area (Å²) in [6.07, 6.45) is -0.0895. The molecule has 10 nitrogen and oxygen atoms in total. The molecule has 0 saturated heterocycles. The van der Waals surface area contributed by atoms with Crippen LogP contribution in [0.25, 0.3) is 11.0 Å². The lowest BCUT2D eigenvalue weighted by Crippen LogP contribution is -2.53. The Kier molecular flexibility index (Phi) is 11.4. The van der Waals surface area contributed by atoms with Crippen molar-refractivity contribution in [1.82, 2.24) is 19.8 Å². The molecule has 0 aliphatic carbocycles. The summed E-state index contributed by atoms with van der Waals surface area (Å²) in [5.74, 6) is -0.234. The average molecular weight is 553 g/mol. The fourth-order valence-electron chi connectivity index (χ4n) is 3.91. The standard InChI is InChI=1S/C25H33N7O3.2ClH/c1-5-31(3)24(35)25(2,29-13-12-22(33)34)17-8-11-20-19(14-17)30-21(32(20)4)15-28-18-9-6-16(7-10-18)23(26)27;;/h6-11,14,28-29H,5,12-13,15H2,1-4H3,(H3,26,27)(H,33,34);2*1H. The maximum atomic E-state index is 13.3. The fraction of sp³-hybridized carbons (Fsp3) is 0.360. The van der Waals surface area contributed by atoms with Crippen molar-refractivity contribution in [3.8, 4) is 0 Å². The van der Waals surface area contributed by atoms with Crippen LogP contribution in [-0.2, 0) is 28.7 Å². The van der Waals surface area contributed by atoms with E-state index in [1.165, 1.54) is 0 Å². The Balaban J connectivity index is 0.00000342. The SMILES string of the molecule is CCN(C)C(=O)C(C)(NCCC(=O)O)c1ccc2c(c1)nc(CNc1ccc(C(=N)N)cc1)n2C.Cl.Cl. The first-order chi connectivity index (χ1) is 16.6. The van der Waals surface area contributed by atoms with Gasteiger partial charge in [0.15, 0.2) is 0 Å². The van der Waals surface area contributed by atoms with Gasteiger partial charge in [0.2, 0.25) is 5.91 Å². The number of aryl methyl sites for hydroxylation is 1. The van der Waals surface area contributed by atoms with Gasteiger partial charge in [-0.05, 0) is 55.8 Å². The topological polar surface area (TPSA) is 149 Å². The molecule has 2 aromatic carbocycles. The molecule has 3 rings (SSSR count). The van der Waals surface area contributed by atoms with Crippen molar-refractivity contribution in [2.75, 3.05) is 25.5 Å². The molecule has 202 valence electrons. The normalized spacial score (nSPS) is 12.1. The number of nitrogens with two attached hydrogens (primary N) is 1. The molecule has 0 bridgehead atoms. The second-order valence-electron chi connectivity index (χ2n) is 8.65. The first kappa shape index (κ1) is 31.7. The maximum Gasteiger partial charge on any atom is 0.304 e. The summed E-state index contributed by atoms with van der Waals surface area (Å²) in [6.45, 7) is 4.84. The number of hydrogen-bond acceptors (Lipinski definition) is 6. The number of amidine groups is 1. The van der Waals surface area contributed by atoms with Crippen LogP contribution in [0.4, 0.5) is 5.69 Å². The zero-order valence-corrected chi connectivity index (χ0v) is 23.0. The van der Waals surface area contributed by atoms with Crippen LogP contribution in [0.2, 0.25) is 0 Å². The van der Waals surface area contributed by atoms with Gasteiger partial charge in [0.25, 0.3) is 0 Å². The third-order valence-electron chi connectivity index (χ3n) is 6.26. The van der Waals surface area contributed by atoms with Gasteiger partial charge < -0.3 is 25.6 Å². The molecular formula is C25H35Cl2N7O3. The van der Waals surface area contributed by atoms with E-state index in [0.29, 0.717) is 18.7 Å². The number of nitrogens with zero attached hydrogens (tertiary/aromatic N) is 3. The highest BCUT2D eigenvalue weighted by atomic mass is 35.5. The molecule has 0 aliphatic rings. The summed E-state index contributed by atoms with van der Waals surface area (Å²) in [7, 11) is 3.66. The number of benzene rings is 2. The summed E-state index contributed by atoms with van der Waals surface area (Å²) in [5, 5.41) is 23.0. The third-order valence-corrected chi connectivity index (χ3v) is 6.26. The van der Waals surface area contributed by atoms with Crippen LogP contribution in [0, 0.1) is 5.41 Å². The van der Waals surface area contributed by atoms with E-state index in [-0.39, 0.29) is 49.5 Å². The first-order valence-corrected chi connectivity index (χ1v) is 11.4. The second kappa shape index (κ2) is 13.3. The summed E-state index contributed by atoms with van der Waals surface area (Å²) in [4.78, 5) is 30.7. The molecule has 1 heterocycles. The van der Waals surface area contributed by atoms with Crippen molar-refractivity contribution >= 4 is 59.2 Å². The molecule has 1 unspecified atom stereocenters. The van der Waals surface area contributed by atoms with Gasteiger partial charge in [-0.2, -0.15) is 0 Å². The number of hydrogen-bond donors (Lipinski definition) is 5. The van der Waals surface area contributed by atoms with Crippen LogP contribution < -0.4 is 16.4 Å². The van der Waals surface area contributed by atoms with Crippen molar-refractivity contribution in [3.63, 3.8) is 0 Å². The van der Waals surface area contributed by atoms with E-state index in [4.69, 9.17) is 21.2 Å². The quantitative estimate of drug-likeness (QED) is 0.181. The van der Waals surface area contributed by atoms with E-state index >= 15 is 0 Å². The van der Waals surface area contributed by atoms with Gasteiger partial charge in [-0.15, -0.1) is 24.8 Å². The Morgan fingerprint density at radius 1 is 1.19 bits per heavy atom. The van der Waals surface area contributed by atoms with Crippen LogP contribution in [0.1, 0.15) is 37.2 Å². The van der Waals surface area contributed by atoms with Gasteiger partial charge in [0.1, 0.15) is 17.2 Å². The minimum atomic E-state index is -1.09. The number of carbonyl (C=O) groups excluding carboxylic acids is 1. The Morgan fingerprint density at radius 3 is 2.41 bits per heavy atom. The first-order valence-electron chi connectivity index (χ1n) is 11.4. The van der Waals surface area contributed by atoms with Gasteiger partial charge in [0.05, 0.1) is 24.0 Å². The number of carboxylic acid groups (broad SMARTS) is 1. The highest BCUT2D eigenvalue weighted by Gasteiger charge is 2.37. The molecule has 37 heavy (non-hydrogen) atoms. The van der Waals surface area contributed by atoms with Crippen molar-refractivity contribution in [2.45, 2.75) is 32.4 Å². The second-order valence-corrected chi connectivity index (χ2v) is 8.65. The minimum absolute atomic E-state index is 0. The van der Waals surface area contributed by atoms with E-state index in [1.54, 1.807) is 31.0 Å². The van der Waals surface area contributed by atoms with Crippen molar-refractivity contribution in [3.05, 3.63) is 59.4 Å². The number of amides is 1. The van der Waals surface area contributed by atoms with Gasteiger partial charge in [-0.3, -0.25) is 20.3 Å². The lowest BCUT2D eigenvalue weighted by molar-refractivity contribution is -0.139. The molecule has 0 saturated carbocycles. The minimum Gasteiger partial charge on any atom is -0.481 e. The fourth-order valence-corrected chi connectivity index (χ4v) is 3.91. The Hall–Kier alpha value is -3.34. The van der Waals surface area contributed by atoms with Gasteiger partial charge in [-0.1, -0.05) is 6.07 Å². The smallest absolute Gasteiger partial charge is 0.304 e. The van der Waals surface area contributed by atoms with Gasteiger partial charge in [-0.25, -0.2) is 4.98 Å². The number of carbonyl (C=O) groups is 2. The van der Waals surface area contributed by atoms with Gasteiger partial charge in [0, 0.05) is 38.4 Å². The summed E-state index contributed by atoms with van der Waals surface area (Å²) >= 11 is 0. The van der Waals surface area contributed by atoms with Crippen LogP contribution in [-0.4, -0.2) is 57.4 Å². The molecule has 0 aliphatic heterocycles. The number of nitrogens with one attached hydrogen (secondary N) is 3. The predicted molar refractivity (Wildman–Crippen MR) is 151 cm³/mol. The number of aromatic nitrogens is 2. The van der Waals surface area contributed by atoms with E-state index in [2.05, 4.69) is 10.6 Å². The third kappa shape index (κ3) is 7.12. The molecule has 3 aromatic rings. The molecule has 12 heteroatoms. The Morgan fingerprint density at radius 2 is 1.84 bits per heavy atom. The van der Waals surface area contributed by atoms with E-state index in [9.17, 15) is 9.59 Å². The number of fused-ring (bicyclic) bond motifs is 1. The van der Waals surface area contributed by atoms with E-state index in [0.717, 1.165) is 28.1 Å². The average Bonchev–Trinajstić information content (AvgIpc) is 3.16. The van der Waals surface area contributed by atoms with E-state index in [1.807, 2.05) is 48.9 Å². The Labute approximate surface area is 228 Å². The highest BCUT2D eigenvalue weighted by Crippen LogP contribution is 2.27. The summed E-state index contributed by atoms with van der Waals surface area (Å²) in [5.41, 5.74) is 8.34. The van der Waals surface area contributed by atoms with Crippen LogP contribution in [0.5, 0.6) is 0 Å². The molecule has 0 spiro atoms.